The molecule has 2 aliphatic rings. The van der Waals surface area contributed by atoms with Gasteiger partial charge in [0.1, 0.15) is 29.3 Å². The molecule has 12 heteroatoms. The number of hydrogen-bond acceptors (Lipinski definition) is 9. The molecule has 2 aliphatic heterocycles. The van der Waals surface area contributed by atoms with Gasteiger partial charge in [-0.05, 0) is 31.3 Å². The molecule has 1 aromatic heterocycles. The molecular weight excluding hydrogens is 539 g/mol. The summed E-state index contributed by atoms with van der Waals surface area (Å²) < 4.78 is 24.8. The standard InChI is InChI=1S/C28H30ClFN6O4/c1-35-15-26(38)40-28(16-35)7-10-36(11-8-28)9-3-4-25(37)34-23-13-19-22(14-24(23)39-2)31-17-32-27(19)33-18-5-6-21(30)20(29)12-18/h3-6,12-14,17H,7-11,15-16H2,1-2H3,(H,34,37)(H,31,32,33). The van der Waals surface area contributed by atoms with E-state index in [-0.39, 0.29) is 16.9 Å². The monoisotopic (exact) mass is 568 g/mol. The quantitative estimate of drug-likeness (QED) is 0.323. The molecule has 0 atom stereocenters. The minimum absolute atomic E-state index is 0.0149. The molecule has 0 saturated carbocycles. The molecule has 0 bridgehead atoms. The minimum Gasteiger partial charge on any atom is -0.494 e. The first-order chi connectivity index (χ1) is 19.2. The Morgan fingerprint density at radius 2 is 2.05 bits per heavy atom. The Hall–Kier alpha value is -3.80. The van der Waals surface area contributed by atoms with E-state index in [1.165, 1.54) is 31.6 Å². The van der Waals surface area contributed by atoms with Crippen LogP contribution in [-0.2, 0) is 14.3 Å². The number of aromatic nitrogens is 2. The highest BCUT2D eigenvalue weighted by atomic mass is 35.5. The van der Waals surface area contributed by atoms with Crippen LogP contribution < -0.4 is 15.4 Å². The number of morpholine rings is 1. The van der Waals surface area contributed by atoms with Gasteiger partial charge in [0.2, 0.25) is 5.91 Å². The first-order valence-corrected chi connectivity index (χ1v) is 13.3. The highest BCUT2D eigenvalue weighted by molar-refractivity contribution is 6.31. The molecule has 0 aliphatic carbocycles. The van der Waals surface area contributed by atoms with Crippen molar-refractivity contribution in [2.45, 2.75) is 18.4 Å². The van der Waals surface area contributed by atoms with Crippen molar-refractivity contribution >= 4 is 51.6 Å². The maximum atomic E-state index is 13.6. The number of nitrogens with one attached hydrogen (secondary N) is 2. The van der Waals surface area contributed by atoms with Crippen LogP contribution in [0, 0.1) is 5.82 Å². The van der Waals surface area contributed by atoms with E-state index in [9.17, 15) is 14.0 Å². The Morgan fingerprint density at radius 3 is 2.77 bits per heavy atom. The predicted octanol–water partition coefficient (Wildman–Crippen LogP) is 3.99. The van der Waals surface area contributed by atoms with E-state index < -0.39 is 11.4 Å². The summed E-state index contributed by atoms with van der Waals surface area (Å²) in [5.74, 6) is -0.103. The summed E-state index contributed by atoms with van der Waals surface area (Å²) in [5.41, 5.74) is 1.18. The van der Waals surface area contributed by atoms with Gasteiger partial charge in [0.15, 0.2) is 0 Å². The summed E-state index contributed by atoms with van der Waals surface area (Å²) in [7, 11) is 3.45. The van der Waals surface area contributed by atoms with Crippen molar-refractivity contribution < 1.29 is 23.5 Å². The van der Waals surface area contributed by atoms with Gasteiger partial charge in [-0.15, -0.1) is 0 Å². The van der Waals surface area contributed by atoms with Gasteiger partial charge < -0.3 is 20.1 Å². The smallest absolute Gasteiger partial charge is 0.320 e. The summed E-state index contributed by atoms with van der Waals surface area (Å²) in [4.78, 5) is 37.5. The number of hydrogen-bond donors (Lipinski definition) is 2. The SMILES string of the molecule is COc1cc2ncnc(Nc3ccc(F)c(Cl)c3)c2cc1NC(=O)C=CCN1CCC2(CC1)CN(C)CC(=O)O2. The van der Waals surface area contributed by atoms with Crippen LogP contribution in [0.15, 0.2) is 48.8 Å². The van der Waals surface area contributed by atoms with Crippen LogP contribution in [0.3, 0.4) is 0 Å². The lowest BCUT2D eigenvalue weighted by molar-refractivity contribution is -0.179. The number of esters is 1. The number of halogens is 2. The number of piperidine rings is 1. The van der Waals surface area contributed by atoms with Gasteiger partial charge in [0.05, 0.1) is 29.9 Å². The Morgan fingerprint density at radius 1 is 1.25 bits per heavy atom. The molecule has 3 aromatic rings. The number of carbonyl (C=O) groups excluding carboxylic acids is 2. The molecule has 2 aromatic carbocycles. The van der Waals surface area contributed by atoms with Crippen LogP contribution >= 0.6 is 11.6 Å². The van der Waals surface area contributed by atoms with Crippen LogP contribution in [0.1, 0.15) is 12.8 Å². The van der Waals surface area contributed by atoms with Gasteiger partial charge in [-0.25, -0.2) is 14.4 Å². The van der Waals surface area contributed by atoms with Gasteiger partial charge in [-0.1, -0.05) is 17.7 Å². The fraction of sp³-hybridized carbons (Fsp3) is 0.357. The Bertz CT molecular complexity index is 1460. The molecule has 210 valence electrons. The molecule has 5 rings (SSSR count). The Balaban J connectivity index is 1.23. The first-order valence-electron chi connectivity index (χ1n) is 12.9. The van der Waals surface area contributed by atoms with Crippen LogP contribution in [0.4, 0.5) is 21.6 Å². The van der Waals surface area contributed by atoms with Crippen LogP contribution in [0.2, 0.25) is 5.02 Å². The zero-order valence-electron chi connectivity index (χ0n) is 22.2. The molecule has 1 spiro atoms. The lowest BCUT2D eigenvalue weighted by Gasteiger charge is -2.45. The van der Waals surface area contributed by atoms with Crippen molar-refractivity contribution in [3.63, 3.8) is 0 Å². The van der Waals surface area contributed by atoms with Gasteiger partial charge >= 0.3 is 5.97 Å². The second kappa shape index (κ2) is 11.7. The lowest BCUT2D eigenvalue weighted by atomic mass is 9.89. The van der Waals surface area contributed by atoms with Crippen LogP contribution in [0.25, 0.3) is 10.9 Å². The molecule has 1 amide bonds. The molecule has 40 heavy (non-hydrogen) atoms. The Kier molecular flexibility index (Phi) is 8.15. The molecule has 2 fully saturated rings. The van der Waals surface area contributed by atoms with Gasteiger partial charge in [0.25, 0.3) is 0 Å². The molecule has 10 nitrogen and oxygen atoms in total. The highest BCUT2D eigenvalue weighted by Crippen LogP contribution is 2.34. The minimum atomic E-state index is -0.519. The summed E-state index contributed by atoms with van der Waals surface area (Å²) in [6.07, 6.45) is 6.23. The maximum absolute atomic E-state index is 13.6. The van der Waals surface area contributed by atoms with Crippen molar-refractivity contribution in [3.8, 4) is 5.75 Å². The van der Waals surface area contributed by atoms with Gasteiger partial charge in [-0.2, -0.15) is 0 Å². The van der Waals surface area contributed by atoms with E-state index in [0.29, 0.717) is 46.9 Å². The number of nitrogens with zero attached hydrogens (tertiary/aromatic N) is 4. The largest absolute Gasteiger partial charge is 0.494 e. The first kappa shape index (κ1) is 27.8. The van der Waals surface area contributed by atoms with Crippen molar-refractivity contribution in [1.29, 1.82) is 0 Å². The van der Waals surface area contributed by atoms with E-state index in [2.05, 4.69) is 25.5 Å². The van der Waals surface area contributed by atoms with E-state index in [4.69, 9.17) is 21.1 Å². The van der Waals surface area contributed by atoms with E-state index in [1.807, 2.05) is 18.0 Å². The summed E-state index contributed by atoms with van der Waals surface area (Å²) in [6, 6.07) is 7.71. The lowest BCUT2D eigenvalue weighted by Crippen LogP contribution is -2.57. The number of methoxy groups -OCH3 is 1. The number of fused-ring (bicyclic) bond motifs is 1. The molecule has 0 unspecified atom stereocenters. The third-order valence-electron chi connectivity index (χ3n) is 7.08. The van der Waals surface area contributed by atoms with Crippen molar-refractivity contribution in [2.24, 2.45) is 0 Å². The fourth-order valence-corrected chi connectivity index (χ4v) is 5.30. The third kappa shape index (κ3) is 6.33. The average Bonchev–Trinajstić information content (AvgIpc) is 2.91. The number of anilines is 3. The third-order valence-corrected chi connectivity index (χ3v) is 7.37. The molecule has 3 heterocycles. The van der Waals surface area contributed by atoms with E-state index in [1.54, 1.807) is 18.2 Å². The number of likely N-dealkylation sites (N-methyl/N-ethyl adjacent to an activating group) is 1. The normalized spacial score (nSPS) is 17.8. The zero-order valence-corrected chi connectivity index (χ0v) is 23.0. The molecule has 2 saturated heterocycles. The molecule has 2 N–H and O–H groups in total. The fourth-order valence-electron chi connectivity index (χ4n) is 5.12. The zero-order chi connectivity index (χ0) is 28.3. The predicted molar refractivity (Wildman–Crippen MR) is 151 cm³/mol. The highest BCUT2D eigenvalue weighted by Gasteiger charge is 2.42. The second-order valence-electron chi connectivity index (χ2n) is 10.1. The average molecular weight is 569 g/mol. The number of carbonyl (C=O) groups is 2. The topological polar surface area (TPSA) is 109 Å². The van der Waals surface area contributed by atoms with Crippen molar-refractivity contribution in [1.82, 2.24) is 19.8 Å². The summed E-state index contributed by atoms with van der Waals surface area (Å²) >= 11 is 5.92. The maximum Gasteiger partial charge on any atom is 0.320 e. The summed E-state index contributed by atoms with van der Waals surface area (Å²) in [6.45, 7) is 3.24. The van der Waals surface area contributed by atoms with Gasteiger partial charge in [-0.3, -0.25) is 19.4 Å². The number of likely N-dealkylation sites (tertiary alicyclic amines) is 1. The number of ether oxygens (including phenoxy) is 2. The molecular formula is C28H30ClFN6O4. The van der Waals surface area contributed by atoms with Crippen LogP contribution in [0.5, 0.6) is 5.75 Å². The van der Waals surface area contributed by atoms with Gasteiger partial charge in [0, 0.05) is 62.2 Å². The number of benzene rings is 2. The molecule has 0 radical (unpaired) electrons. The van der Waals surface area contributed by atoms with Crippen molar-refractivity contribution in [2.75, 3.05) is 57.5 Å². The summed E-state index contributed by atoms with van der Waals surface area (Å²) in [5, 5.41) is 6.60. The van der Waals surface area contributed by atoms with E-state index in [0.717, 1.165) is 32.5 Å². The van der Waals surface area contributed by atoms with Crippen molar-refractivity contribution in [3.05, 3.63) is 59.7 Å². The second-order valence-corrected chi connectivity index (χ2v) is 10.5. The number of rotatable bonds is 7. The number of amides is 1. The Labute approximate surface area is 236 Å². The van der Waals surface area contributed by atoms with E-state index >= 15 is 0 Å². The van der Waals surface area contributed by atoms with Crippen LogP contribution in [-0.4, -0.2) is 84.1 Å².